The van der Waals surface area contributed by atoms with E-state index in [0.717, 1.165) is 32.1 Å². The second-order valence-electron chi connectivity index (χ2n) is 8.57. The van der Waals surface area contributed by atoms with Crippen molar-refractivity contribution in [3.05, 3.63) is 0 Å². The summed E-state index contributed by atoms with van der Waals surface area (Å²) in [6.07, 6.45) is 15.2. The summed E-state index contributed by atoms with van der Waals surface area (Å²) >= 11 is 0. The Morgan fingerprint density at radius 2 is 1.62 bits per heavy atom. The van der Waals surface area contributed by atoms with Gasteiger partial charge in [-0.3, -0.25) is 14.4 Å². The predicted molar refractivity (Wildman–Crippen MR) is 113 cm³/mol. The number of carbonyl (C=O) groups excluding carboxylic acids is 3. The number of hydrogen-bond donors (Lipinski definition) is 1. The van der Waals surface area contributed by atoms with E-state index in [4.69, 9.17) is 4.74 Å². The van der Waals surface area contributed by atoms with Gasteiger partial charge in [0.1, 0.15) is 6.04 Å². The van der Waals surface area contributed by atoms with Gasteiger partial charge in [-0.1, -0.05) is 71.1 Å². The zero-order chi connectivity index (χ0) is 20.9. The van der Waals surface area contributed by atoms with Crippen LogP contribution in [0.15, 0.2) is 0 Å². The van der Waals surface area contributed by atoms with Crippen molar-refractivity contribution in [3.63, 3.8) is 0 Å². The van der Waals surface area contributed by atoms with Gasteiger partial charge >= 0.3 is 5.97 Å². The van der Waals surface area contributed by atoms with Crippen LogP contribution in [0.2, 0.25) is 0 Å². The summed E-state index contributed by atoms with van der Waals surface area (Å²) in [5.41, 5.74) is 0. The molecule has 1 N–H and O–H groups in total. The third-order valence-electron chi connectivity index (χ3n) is 6.19. The molecule has 2 amide bonds. The molecule has 0 spiro atoms. The van der Waals surface area contributed by atoms with Crippen molar-refractivity contribution in [3.8, 4) is 0 Å². The molecule has 0 aromatic heterocycles. The largest absolute Gasteiger partial charge is 0.466 e. The number of ether oxygens (including phenoxy) is 1. The zero-order valence-corrected chi connectivity index (χ0v) is 18.3. The fourth-order valence-electron chi connectivity index (χ4n) is 4.06. The number of amides is 2. The lowest BCUT2D eigenvalue weighted by atomic mass is 9.83. The molecule has 0 radical (unpaired) electrons. The normalized spacial score (nSPS) is 19.6. The lowest BCUT2D eigenvalue weighted by Crippen LogP contribution is -2.59. The van der Waals surface area contributed by atoms with E-state index in [1.54, 1.807) is 4.90 Å². The summed E-state index contributed by atoms with van der Waals surface area (Å²) in [4.78, 5) is 38.6. The number of unbranched alkanes of at least 4 members (excludes halogenated alkanes) is 9. The Kier molecular flexibility index (Phi) is 11.1. The summed E-state index contributed by atoms with van der Waals surface area (Å²) in [6, 6.07) is -0.711. The Labute approximate surface area is 176 Å². The van der Waals surface area contributed by atoms with Gasteiger partial charge in [0.15, 0.2) is 0 Å². The minimum Gasteiger partial charge on any atom is -0.466 e. The Morgan fingerprint density at radius 3 is 2.21 bits per heavy atom. The molecule has 0 bridgehead atoms. The van der Waals surface area contributed by atoms with E-state index >= 15 is 0 Å². The molecule has 1 aliphatic carbocycles. The maximum absolute atomic E-state index is 12.6. The first-order valence-electron chi connectivity index (χ1n) is 11.9. The van der Waals surface area contributed by atoms with Crippen LogP contribution in [0.25, 0.3) is 0 Å². The number of rotatable bonds is 14. The molecule has 0 aromatic rings. The smallest absolute Gasteiger partial charge is 0.308 e. The minimum absolute atomic E-state index is 0.0265. The molecule has 1 saturated carbocycles. The molecule has 1 heterocycles. The molecule has 1 unspecified atom stereocenters. The highest BCUT2D eigenvalue weighted by Crippen LogP contribution is 2.29. The van der Waals surface area contributed by atoms with Gasteiger partial charge in [0, 0.05) is 19.0 Å². The lowest BCUT2D eigenvalue weighted by molar-refractivity contribution is -0.154. The van der Waals surface area contributed by atoms with Crippen molar-refractivity contribution in [2.75, 3.05) is 19.7 Å². The van der Waals surface area contributed by atoms with Crippen molar-refractivity contribution >= 4 is 17.8 Å². The minimum atomic E-state index is -0.711. The van der Waals surface area contributed by atoms with Crippen LogP contribution in [0, 0.1) is 5.92 Å². The molecule has 1 atom stereocenters. The number of nitrogens with zero attached hydrogens (tertiary/aromatic N) is 1. The number of nitrogens with one attached hydrogen (secondary N) is 1. The molecule has 166 valence electrons. The highest BCUT2D eigenvalue weighted by Gasteiger charge is 2.39. The van der Waals surface area contributed by atoms with Crippen LogP contribution in [0.4, 0.5) is 0 Å². The second-order valence-corrected chi connectivity index (χ2v) is 8.57. The highest BCUT2D eigenvalue weighted by atomic mass is 16.5. The van der Waals surface area contributed by atoms with E-state index in [-0.39, 0.29) is 30.1 Å². The molecular weight excluding hydrogens is 368 g/mol. The van der Waals surface area contributed by atoms with E-state index in [0.29, 0.717) is 19.7 Å². The SMILES string of the molecule is CCCCCCCCCCCCOC(=O)CC1C(=O)NCCN1C(=O)C1CCC1. The van der Waals surface area contributed by atoms with Crippen molar-refractivity contribution in [1.82, 2.24) is 10.2 Å². The molecular formula is C23H40N2O4. The maximum Gasteiger partial charge on any atom is 0.308 e. The molecule has 2 aliphatic rings. The van der Waals surface area contributed by atoms with Crippen molar-refractivity contribution in [2.45, 2.75) is 103 Å². The van der Waals surface area contributed by atoms with Gasteiger partial charge in [0.25, 0.3) is 0 Å². The molecule has 0 aromatic carbocycles. The number of hydrogen-bond acceptors (Lipinski definition) is 4. The summed E-state index contributed by atoms with van der Waals surface area (Å²) in [5.74, 6) is -0.557. The number of carbonyl (C=O) groups is 3. The van der Waals surface area contributed by atoms with Gasteiger partial charge in [-0.2, -0.15) is 0 Å². The Hall–Kier alpha value is -1.59. The molecule has 29 heavy (non-hydrogen) atoms. The van der Waals surface area contributed by atoms with Crippen LogP contribution in [-0.2, 0) is 19.1 Å². The Morgan fingerprint density at radius 1 is 1.00 bits per heavy atom. The van der Waals surface area contributed by atoms with Crippen LogP contribution in [0.3, 0.4) is 0 Å². The monoisotopic (exact) mass is 408 g/mol. The van der Waals surface area contributed by atoms with Crippen LogP contribution in [0.5, 0.6) is 0 Å². The van der Waals surface area contributed by atoms with E-state index in [2.05, 4.69) is 12.2 Å². The first-order valence-corrected chi connectivity index (χ1v) is 11.9. The van der Waals surface area contributed by atoms with Crippen LogP contribution < -0.4 is 5.32 Å². The molecule has 1 aliphatic heterocycles. The van der Waals surface area contributed by atoms with Crippen molar-refractivity contribution in [1.29, 1.82) is 0 Å². The van der Waals surface area contributed by atoms with E-state index in [1.807, 2.05) is 0 Å². The highest BCUT2D eigenvalue weighted by molar-refractivity contribution is 5.92. The standard InChI is InChI=1S/C23H40N2O4/c1-2-3-4-5-6-7-8-9-10-11-17-29-21(26)18-20-22(27)24-15-16-25(20)23(28)19-13-12-14-19/h19-20H,2-18H2,1H3,(H,24,27). The molecule has 2 rings (SSSR count). The van der Waals surface area contributed by atoms with Gasteiger partial charge in [0.2, 0.25) is 11.8 Å². The van der Waals surface area contributed by atoms with Gasteiger partial charge in [-0.05, 0) is 19.3 Å². The van der Waals surface area contributed by atoms with Crippen LogP contribution >= 0.6 is 0 Å². The van der Waals surface area contributed by atoms with E-state index in [1.165, 1.54) is 51.4 Å². The third-order valence-corrected chi connectivity index (χ3v) is 6.19. The topological polar surface area (TPSA) is 75.7 Å². The lowest BCUT2D eigenvalue weighted by Gasteiger charge is -2.38. The molecule has 1 saturated heterocycles. The van der Waals surface area contributed by atoms with Gasteiger partial charge in [0.05, 0.1) is 13.0 Å². The summed E-state index contributed by atoms with van der Waals surface area (Å²) in [7, 11) is 0. The summed E-state index contributed by atoms with van der Waals surface area (Å²) in [6.45, 7) is 3.58. The van der Waals surface area contributed by atoms with Gasteiger partial charge in [-0.15, -0.1) is 0 Å². The summed E-state index contributed by atoms with van der Waals surface area (Å²) in [5, 5.41) is 2.77. The van der Waals surface area contributed by atoms with Crippen LogP contribution in [0.1, 0.15) is 96.8 Å². The predicted octanol–water partition coefficient (Wildman–Crippen LogP) is 3.97. The Bertz CT molecular complexity index is 519. The number of piperazine rings is 1. The third kappa shape index (κ3) is 8.35. The maximum atomic E-state index is 12.6. The van der Waals surface area contributed by atoms with E-state index in [9.17, 15) is 14.4 Å². The van der Waals surface area contributed by atoms with Crippen LogP contribution in [-0.4, -0.2) is 48.4 Å². The number of esters is 1. The quantitative estimate of drug-likeness (QED) is 0.349. The van der Waals surface area contributed by atoms with E-state index < -0.39 is 6.04 Å². The van der Waals surface area contributed by atoms with Gasteiger partial charge in [-0.25, -0.2) is 0 Å². The fraction of sp³-hybridized carbons (Fsp3) is 0.870. The van der Waals surface area contributed by atoms with Crippen molar-refractivity contribution < 1.29 is 19.1 Å². The Balaban J connectivity index is 1.56. The van der Waals surface area contributed by atoms with Gasteiger partial charge < -0.3 is 15.0 Å². The zero-order valence-electron chi connectivity index (χ0n) is 18.3. The molecule has 6 heteroatoms. The fourth-order valence-corrected chi connectivity index (χ4v) is 4.06. The van der Waals surface area contributed by atoms with Crippen molar-refractivity contribution in [2.24, 2.45) is 5.92 Å². The second kappa shape index (κ2) is 13.6. The molecule has 6 nitrogen and oxygen atoms in total. The average Bonchev–Trinajstić information content (AvgIpc) is 2.66. The molecule has 2 fully saturated rings. The average molecular weight is 409 g/mol. The first kappa shape index (κ1) is 23.7. The summed E-state index contributed by atoms with van der Waals surface area (Å²) < 4.78 is 5.34. The first-order chi connectivity index (χ1) is 14.1.